The number of hydrogen-bond acceptors (Lipinski definition) is 5. The minimum absolute atomic E-state index is 0.101. The normalized spacial score (nSPS) is 11.1. The summed E-state index contributed by atoms with van der Waals surface area (Å²) in [6.07, 6.45) is 4.79. The highest BCUT2D eigenvalue weighted by Gasteiger charge is 2.06. The molecule has 130 valence electrons. The van der Waals surface area contributed by atoms with Gasteiger partial charge in [-0.3, -0.25) is 10.2 Å². The van der Waals surface area contributed by atoms with Crippen LogP contribution in [-0.4, -0.2) is 24.3 Å². The standard InChI is InChI=1S/C18H26N4OS/c1-4-9-22(10-5-2)15-11-14(20-17(23)12-15)13-19-21-18-8-7-16(6-3)24-18/h7-8,11-13,21H,4-6,9-10H2,1-3H3,(H,20,23)/b19-13+. The monoisotopic (exact) mass is 346 g/mol. The van der Waals surface area contributed by atoms with Crippen molar-refractivity contribution >= 4 is 28.2 Å². The van der Waals surface area contributed by atoms with Crippen LogP contribution >= 0.6 is 11.3 Å². The molecule has 2 heterocycles. The summed E-state index contributed by atoms with van der Waals surface area (Å²) >= 11 is 1.69. The molecule has 0 amide bonds. The van der Waals surface area contributed by atoms with E-state index in [2.05, 4.69) is 47.2 Å². The molecular formula is C18H26N4OS. The second kappa shape index (κ2) is 9.27. The number of hydrazone groups is 1. The van der Waals surface area contributed by atoms with Crippen molar-refractivity contribution in [3.8, 4) is 0 Å². The Kier molecular flexibility index (Phi) is 7.06. The summed E-state index contributed by atoms with van der Waals surface area (Å²) in [5.74, 6) is 0. The molecule has 2 rings (SSSR count). The summed E-state index contributed by atoms with van der Waals surface area (Å²) < 4.78 is 0. The minimum atomic E-state index is -0.101. The highest BCUT2D eigenvalue weighted by atomic mass is 32.1. The lowest BCUT2D eigenvalue weighted by Gasteiger charge is -2.23. The van der Waals surface area contributed by atoms with E-state index in [1.54, 1.807) is 23.6 Å². The molecule has 0 fully saturated rings. The smallest absolute Gasteiger partial charge is 0.250 e. The molecule has 0 aliphatic carbocycles. The Labute approximate surface area is 147 Å². The molecule has 2 N–H and O–H groups in total. The lowest BCUT2D eigenvalue weighted by molar-refractivity contribution is 0.743. The van der Waals surface area contributed by atoms with E-state index in [1.165, 1.54) is 4.88 Å². The number of nitrogens with one attached hydrogen (secondary N) is 2. The van der Waals surface area contributed by atoms with Gasteiger partial charge in [0, 0.05) is 29.7 Å². The Bertz CT molecular complexity index is 714. The van der Waals surface area contributed by atoms with Crippen LogP contribution < -0.4 is 15.9 Å². The van der Waals surface area contributed by atoms with Gasteiger partial charge in [-0.2, -0.15) is 5.10 Å². The topological polar surface area (TPSA) is 60.5 Å². The minimum Gasteiger partial charge on any atom is -0.371 e. The van der Waals surface area contributed by atoms with E-state index >= 15 is 0 Å². The summed E-state index contributed by atoms with van der Waals surface area (Å²) in [6.45, 7) is 8.32. The third kappa shape index (κ3) is 5.23. The van der Waals surface area contributed by atoms with E-state index in [0.717, 1.165) is 43.0 Å². The fraction of sp³-hybridized carbons (Fsp3) is 0.444. The van der Waals surface area contributed by atoms with Gasteiger partial charge in [-0.1, -0.05) is 20.8 Å². The second-order valence-corrected chi connectivity index (χ2v) is 6.80. The van der Waals surface area contributed by atoms with Crippen LogP contribution in [0, 0.1) is 0 Å². The number of pyridine rings is 1. The Morgan fingerprint density at radius 2 is 1.96 bits per heavy atom. The molecule has 0 atom stereocenters. The molecule has 0 bridgehead atoms. The predicted molar refractivity (Wildman–Crippen MR) is 105 cm³/mol. The molecule has 5 nitrogen and oxygen atoms in total. The third-order valence-corrected chi connectivity index (χ3v) is 4.72. The summed E-state index contributed by atoms with van der Waals surface area (Å²) in [7, 11) is 0. The predicted octanol–water partition coefficient (Wildman–Crippen LogP) is 4.07. The third-order valence-electron chi connectivity index (χ3n) is 3.59. The molecule has 0 saturated heterocycles. The maximum absolute atomic E-state index is 11.9. The zero-order valence-electron chi connectivity index (χ0n) is 14.6. The van der Waals surface area contributed by atoms with Gasteiger partial charge in [-0.15, -0.1) is 11.3 Å². The van der Waals surface area contributed by atoms with Crippen LogP contribution in [0.4, 0.5) is 10.7 Å². The van der Waals surface area contributed by atoms with E-state index in [0.29, 0.717) is 5.69 Å². The first-order valence-electron chi connectivity index (χ1n) is 8.53. The quantitative estimate of drug-likeness (QED) is 0.531. The molecular weight excluding hydrogens is 320 g/mol. The first-order valence-corrected chi connectivity index (χ1v) is 9.35. The van der Waals surface area contributed by atoms with Crippen LogP contribution in [0.2, 0.25) is 0 Å². The van der Waals surface area contributed by atoms with Crippen LogP contribution in [0.1, 0.15) is 44.2 Å². The number of hydrogen-bond donors (Lipinski definition) is 2. The van der Waals surface area contributed by atoms with Crippen molar-refractivity contribution in [2.24, 2.45) is 5.10 Å². The largest absolute Gasteiger partial charge is 0.371 e. The fourth-order valence-corrected chi connectivity index (χ4v) is 3.30. The van der Waals surface area contributed by atoms with Crippen molar-refractivity contribution in [1.82, 2.24) is 4.98 Å². The molecule has 6 heteroatoms. The van der Waals surface area contributed by atoms with Crippen molar-refractivity contribution in [3.05, 3.63) is 45.2 Å². The molecule has 0 spiro atoms. The van der Waals surface area contributed by atoms with Crippen LogP contribution in [0.3, 0.4) is 0 Å². The van der Waals surface area contributed by atoms with Crippen LogP contribution in [0.5, 0.6) is 0 Å². The Morgan fingerprint density at radius 1 is 1.21 bits per heavy atom. The number of thiophene rings is 1. The highest BCUT2D eigenvalue weighted by molar-refractivity contribution is 7.16. The second-order valence-electron chi connectivity index (χ2n) is 5.63. The fourth-order valence-electron chi connectivity index (χ4n) is 2.51. The van der Waals surface area contributed by atoms with E-state index in [-0.39, 0.29) is 5.56 Å². The Hall–Kier alpha value is -2.08. The van der Waals surface area contributed by atoms with Crippen LogP contribution in [0.15, 0.2) is 34.2 Å². The zero-order chi connectivity index (χ0) is 17.4. The van der Waals surface area contributed by atoms with Crippen molar-refractivity contribution in [2.75, 3.05) is 23.4 Å². The summed E-state index contributed by atoms with van der Waals surface area (Å²) in [6, 6.07) is 7.75. The van der Waals surface area contributed by atoms with E-state index in [4.69, 9.17) is 0 Å². The number of nitrogens with zero attached hydrogens (tertiary/aromatic N) is 2. The molecule has 0 radical (unpaired) electrons. The average molecular weight is 346 g/mol. The lowest BCUT2D eigenvalue weighted by Crippen LogP contribution is -2.26. The Balaban J connectivity index is 2.11. The molecule has 0 saturated carbocycles. The van der Waals surface area contributed by atoms with Crippen LogP contribution in [-0.2, 0) is 6.42 Å². The van der Waals surface area contributed by atoms with Crippen LogP contribution in [0.25, 0.3) is 0 Å². The first kappa shape index (κ1) is 18.3. The van der Waals surface area contributed by atoms with Gasteiger partial charge in [-0.05, 0) is 37.5 Å². The molecule has 2 aromatic rings. The van der Waals surface area contributed by atoms with Gasteiger partial charge in [0.15, 0.2) is 0 Å². The van der Waals surface area contributed by atoms with E-state index in [9.17, 15) is 4.79 Å². The average Bonchev–Trinajstić information content (AvgIpc) is 3.02. The van der Waals surface area contributed by atoms with E-state index in [1.807, 2.05) is 12.1 Å². The van der Waals surface area contributed by atoms with Gasteiger partial charge in [0.2, 0.25) is 5.56 Å². The molecule has 2 aromatic heterocycles. The van der Waals surface area contributed by atoms with Crippen molar-refractivity contribution in [1.29, 1.82) is 0 Å². The molecule has 0 aliphatic heterocycles. The van der Waals surface area contributed by atoms with E-state index < -0.39 is 0 Å². The van der Waals surface area contributed by atoms with Gasteiger partial charge >= 0.3 is 0 Å². The zero-order valence-corrected chi connectivity index (χ0v) is 15.4. The summed E-state index contributed by atoms with van der Waals surface area (Å²) in [5.41, 5.74) is 4.57. The first-order chi connectivity index (χ1) is 11.7. The molecule has 0 unspecified atom stereocenters. The number of H-pyrrole nitrogens is 1. The number of rotatable bonds is 9. The number of aryl methyl sites for hydroxylation is 1. The molecule has 0 aliphatic rings. The lowest BCUT2D eigenvalue weighted by atomic mass is 10.2. The van der Waals surface area contributed by atoms with Gasteiger partial charge in [-0.25, -0.2) is 0 Å². The van der Waals surface area contributed by atoms with Crippen molar-refractivity contribution < 1.29 is 0 Å². The maximum atomic E-state index is 11.9. The summed E-state index contributed by atoms with van der Waals surface area (Å²) in [4.78, 5) is 18.3. The number of anilines is 2. The number of aromatic amines is 1. The SMILES string of the molecule is CCCN(CCC)c1cc(/C=N/Nc2ccc(CC)s2)[nH]c(=O)c1. The maximum Gasteiger partial charge on any atom is 0.250 e. The van der Waals surface area contributed by atoms with Gasteiger partial charge in [0.1, 0.15) is 5.00 Å². The molecule has 0 aromatic carbocycles. The highest BCUT2D eigenvalue weighted by Crippen LogP contribution is 2.22. The molecule has 24 heavy (non-hydrogen) atoms. The van der Waals surface area contributed by atoms with Crippen molar-refractivity contribution in [3.63, 3.8) is 0 Å². The summed E-state index contributed by atoms with van der Waals surface area (Å²) in [5, 5.41) is 5.24. The van der Waals surface area contributed by atoms with Crippen molar-refractivity contribution in [2.45, 2.75) is 40.0 Å². The Morgan fingerprint density at radius 3 is 2.58 bits per heavy atom. The van der Waals surface area contributed by atoms with Gasteiger partial charge < -0.3 is 9.88 Å². The number of aromatic nitrogens is 1. The van der Waals surface area contributed by atoms with Gasteiger partial charge in [0.05, 0.1) is 11.9 Å². The van der Waals surface area contributed by atoms with Gasteiger partial charge in [0.25, 0.3) is 0 Å².